The molecule has 0 aromatic heterocycles. The van der Waals surface area contributed by atoms with Crippen molar-refractivity contribution in [2.45, 2.75) is 19.3 Å². The number of rotatable bonds is 3. The average Bonchev–Trinajstić information content (AvgIpc) is 3.75. The summed E-state index contributed by atoms with van der Waals surface area (Å²) in [6.07, 6.45) is -12.4. The van der Waals surface area contributed by atoms with E-state index < -0.39 is 149 Å². The van der Waals surface area contributed by atoms with Gasteiger partial charge in [0.05, 0.1) is 34.4 Å². The molecule has 3 aromatic rings. The molecular weight excluding hydrogens is 744 g/mol. The molecule has 1 aliphatic carbocycles. The van der Waals surface area contributed by atoms with Crippen LogP contribution in [0.3, 0.4) is 0 Å². The Morgan fingerprint density at radius 1 is 0.471 bits per heavy atom. The van der Waals surface area contributed by atoms with Crippen molar-refractivity contribution in [2.75, 3.05) is 0 Å². The molecule has 3 aromatic carbocycles. The lowest BCUT2D eigenvalue weighted by Crippen LogP contribution is -2.17. The Morgan fingerprint density at radius 3 is 1.00 bits per heavy atom. The van der Waals surface area contributed by atoms with Crippen LogP contribution in [0.5, 0.6) is 0 Å². The highest BCUT2D eigenvalue weighted by molar-refractivity contribution is 6.11. The molecule has 0 heterocycles. The van der Waals surface area contributed by atoms with Gasteiger partial charge >= 0.3 is 12.4 Å². The summed E-state index contributed by atoms with van der Waals surface area (Å²) >= 11 is 0. The summed E-state index contributed by atoms with van der Waals surface area (Å²) in [5.41, 5.74) is -26.3. The molecule has 264 valence electrons. The molecule has 0 radical (unpaired) electrons. The van der Waals surface area contributed by atoms with Gasteiger partial charge in [-0.3, -0.25) is 0 Å². The van der Waals surface area contributed by atoms with Crippen molar-refractivity contribution in [3.63, 3.8) is 0 Å². The molecule has 0 N–H and O–H groups in total. The smallest absolute Gasteiger partial charge is 0.237 e. The van der Waals surface area contributed by atoms with E-state index in [0.717, 1.165) is 12.1 Å². The first kappa shape index (κ1) is 37.9. The molecule has 1 fully saturated rings. The molecule has 1 aliphatic rings. The highest BCUT2D eigenvalue weighted by atomic mass is 19.4. The third-order valence-corrected chi connectivity index (χ3v) is 7.07. The Morgan fingerprint density at radius 2 is 0.745 bits per heavy atom. The van der Waals surface area contributed by atoms with Gasteiger partial charge in [-0.15, -0.1) is 0 Å². The third kappa shape index (κ3) is 5.60. The van der Waals surface area contributed by atoms with Gasteiger partial charge in [0, 0.05) is 5.56 Å². The van der Waals surface area contributed by atoms with E-state index in [-0.39, 0.29) is 0 Å². The maximum atomic E-state index is 15.0. The molecule has 4 rings (SSSR count). The fraction of sp³-hybridized carbons (Fsp3) is 0.100. The van der Waals surface area contributed by atoms with Crippen LogP contribution in [0.25, 0.3) is 21.7 Å². The average molecular weight is 747 g/mol. The number of nitrogens with zero attached hydrogens (tertiary/aromatic N) is 3. The Bertz CT molecular complexity index is 2130. The molecule has 1 saturated carbocycles. The first-order chi connectivity index (χ1) is 23.4. The normalized spacial score (nSPS) is 16.0. The van der Waals surface area contributed by atoms with Crippen molar-refractivity contribution < 1.29 is 79.0 Å². The number of halogens is 18. The highest BCUT2D eigenvalue weighted by Crippen LogP contribution is 2.58. The van der Waals surface area contributed by atoms with E-state index in [9.17, 15) is 72.0 Å². The number of alkyl halides is 6. The zero-order chi connectivity index (χ0) is 39.0. The summed E-state index contributed by atoms with van der Waals surface area (Å²) in [5, 5.41) is 19.5. The number of nitriles is 2. The molecule has 51 heavy (non-hydrogen) atoms. The summed E-state index contributed by atoms with van der Waals surface area (Å²) in [5.74, 6) is -35.0. The number of hydrogen-bond donors (Lipinski definition) is 0. The molecule has 0 bridgehead atoms. The van der Waals surface area contributed by atoms with Crippen LogP contribution in [0.4, 0.5) is 79.0 Å². The van der Waals surface area contributed by atoms with Crippen molar-refractivity contribution in [3.05, 3.63) is 131 Å². The minimum absolute atomic E-state index is 0.441. The van der Waals surface area contributed by atoms with Gasteiger partial charge in [0.2, 0.25) is 5.70 Å². The number of benzene rings is 3. The molecular formula is C30H3F18N3. The molecule has 3 nitrogen and oxygen atoms in total. The maximum Gasteiger partial charge on any atom is 0.422 e. The van der Waals surface area contributed by atoms with Crippen molar-refractivity contribution in [1.82, 2.24) is 0 Å². The van der Waals surface area contributed by atoms with Gasteiger partial charge in [-0.2, -0.15) is 36.9 Å². The van der Waals surface area contributed by atoms with E-state index in [2.05, 4.69) is 4.85 Å². The van der Waals surface area contributed by atoms with Crippen molar-refractivity contribution in [2.24, 2.45) is 0 Å². The van der Waals surface area contributed by atoms with Crippen molar-refractivity contribution >= 4 is 16.8 Å². The van der Waals surface area contributed by atoms with Crippen LogP contribution in [0.15, 0.2) is 16.7 Å². The van der Waals surface area contributed by atoms with Crippen LogP contribution >= 0.6 is 0 Å². The second kappa shape index (κ2) is 12.4. The van der Waals surface area contributed by atoms with Crippen molar-refractivity contribution in [1.29, 1.82) is 10.5 Å². The quantitative estimate of drug-likeness (QED) is 0.116. The van der Waals surface area contributed by atoms with Crippen LogP contribution in [-0.2, 0) is 12.4 Å². The summed E-state index contributed by atoms with van der Waals surface area (Å²) in [6, 6.07) is 1.56. The maximum absolute atomic E-state index is 15.0. The largest absolute Gasteiger partial charge is 0.422 e. The van der Waals surface area contributed by atoms with Crippen LogP contribution in [-0.4, -0.2) is 0 Å². The van der Waals surface area contributed by atoms with E-state index in [1.54, 1.807) is 0 Å². The predicted octanol–water partition coefficient (Wildman–Crippen LogP) is 10.3. The first-order valence-electron chi connectivity index (χ1n) is 12.5. The van der Waals surface area contributed by atoms with E-state index in [4.69, 9.17) is 6.57 Å². The van der Waals surface area contributed by atoms with Crippen LogP contribution in [0.1, 0.15) is 33.4 Å². The van der Waals surface area contributed by atoms with Crippen LogP contribution in [0.2, 0.25) is 0 Å². The first-order valence-corrected chi connectivity index (χ1v) is 12.5. The molecule has 0 amide bonds. The second-order valence-electron chi connectivity index (χ2n) is 9.82. The molecule has 0 aliphatic heterocycles. The van der Waals surface area contributed by atoms with Gasteiger partial charge in [0.15, 0.2) is 69.8 Å². The molecule has 21 heteroatoms. The summed E-state index contributed by atoms with van der Waals surface area (Å²) in [7, 11) is 0. The zero-order valence-corrected chi connectivity index (χ0v) is 23.6. The van der Waals surface area contributed by atoms with Gasteiger partial charge in [0.25, 0.3) is 0 Å². The molecule has 0 atom stereocenters. The van der Waals surface area contributed by atoms with Gasteiger partial charge in [0.1, 0.15) is 23.3 Å². The monoisotopic (exact) mass is 747 g/mol. The molecule has 0 unspecified atom stereocenters. The van der Waals surface area contributed by atoms with Gasteiger partial charge < -0.3 is 0 Å². The van der Waals surface area contributed by atoms with E-state index in [0.29, 0.717) is 6.92 Å². The number of hydrogen-bond acceptors (Lipinski definition) is 2. The lowest BCUT2D eigenvalue weighted by molar-refractivity contribution is -0.144. The minimum atomic E-state index is -6.18. The Hall–Kier alpha value is -5.91. The van der Waals surface area contributed by atoms with Gasteiger partial charge in [-0.05, 0) is 23.6 Å². The summed E-state index contributed by atoms with van der Waals surface area (Å²) < 4.78 is 256. The van der Waals surface area contributed by atoms with Crippen LogP contribution in [0, 0.1) is 106 Å². The standard InChI is InChI=1S/C30H3F18N3/c1-5-16(31)18(33)10(19(34)17(5)32)6(3-49)8-9(7(4-50)11-20(35)24(39)14(29(43,44)45)25(40)21(11)36)12(8)28(51-2)13-22(37)26(41)15(30(46,47)48)27(42)23(13)38/h1H3. The zero-order valence-electron chi connectivity index (χ0n) is 23.6. The second-order valence-corrected chi connectivity index (χ2v) is 9.82. The van der Waals surface area contributed by atoms with E-state index in [1.165, 1.54) is 0 Å². The topological polar surface area (TPSA) is 51.9 Å². The summed E-state index contributed by atoms with van der Waals surface area (Å²) in [6.45, 7) is 7.73. The molecule has 0 saturated heterocycles. The third-order valence-electron chi connectivity index (χ3n) is 7.07. The highest BCUT2D eigenvalue weighted by Gasteiger charge is 2.49. The fourth-order valence-electron chi connectivity index (χ4n) is 4.78. The lowest BCUT2D eigenvalue weighted by atomic mass is 9.98. The molecule has 0 spiro atoms. The van der Waals surface area contributed by atoms with E-state index in [1.807, 2.05) is 0 Å². The lowest BCUT2D eigenvalue weighted by Gasteiger charge is -2.14. The predicted molar refractivity (Wildman–Crippen MR) is 132 cm³/mol. The number of allylic oxidation sites excluding steroid dienone is 5. The fourth-order valence-corrected chi connectivity index (χ4v) is 4.78. The van der Waals surface area contributed by atoms with Gasteiger partial charge in [-0.25, -0.2) is 57.5 Å². The Balaban J connectivity index is 2.37. The summed E-state index contributed by atoms with van der Waals surface area (Å²) in [4.78, 5) is 2.39. The van der Waals surface area contributed by atoms with Crippen molar-refractivity contribution in [3.8, 4) is 12.1 Å². The van der Waals surface area contributed by atoms with Crippen LogP contribution < -0.4 is 0 Å². The Kier molecular flexibility index (Phi) is 9.25. The van der Waals surface area contributed by atoms with E-state index >= 15 is 17.6 Å². The minimum Gasteiger partial charge on any atom is -0.237 e. The SMILES string of the molecule is [C-]#[N+]C(=C1C(=C(C#N)c2c(F)c(F)c(C)c(F)c2F)C1=C(C#N)c1c(F)c(F)c(C(F)(F)F)c(F)c1F)c1c(F)c(F)c(C(F)(F)F)c(F)c1F. The Labute approximate surface area is 269 Å². The van der Waals surface area contributed by atoms with Gasteiger partial charge in [-0.1, -0.05) is 0 Å².